The van der Waals surface area contributed by atoms with Gasteiger partial charge in [0.2, 0.25) is 0 Å². The summed E-state index contributed by atoms with van der Waals surface area (Å²) in [7, 11) is 3.28. The molecule has 0 aliphatic rings. The molecule has 0 aliphatic carbocycles. The summed E-state index contributed by atoms with van der Waals surface area (Å²) in [6.45, 7) is 5.55. The Morgan fingerprint density at radius 1 is 1.25 bits per heavy atom. The van der Waals surface area contributed by atoms with Gasteiger partial charge in [-0.05, 0) is 31.5 Å². The molecule has 0 saturated heterocycles. The molecular formula is C15H24BrNO3. The van der Waals surface area contributed by atoms with E-state index in [1.54, 1.807) is 14.2 Å². The third-order valence-electron chi connectivity index (χ3n) is 2.97. The predicted octanol–water partition coefficient (Wildman–Crippen LogP) is 3.33. The number of methoxy groups -OCH3 is 2. The van der Waals surface area contributed by atoms with Crippen LogP contribution >= 0.6 is 15.9 Å². The zero-order valence-corrected chi connectivity index (χ0v) is 14.2. The van der Waals surface area contributed by atoms with Crippen molar-refractivity contribution in [2.75, 3.05) is 20.8 Å². The van der Waals surface area contributed by atoms with Gasteiger partial charge in [0, 0.05) is 30.8 Å². The molecule has 0 aliphatic heterocycles. The Hall–Kier alpha value is -0.620. The Morgan fingerprint density at radius 2 is 1.95 bits per heavy atom. The van der Waals surface area contributed by atoms with Crippen LogP contribution in [0.3, 0.4) is 0 Å². The van der Waals surface area contributed by atoms with Gasteiger partial charge in [0.25, 0.3) is 0 Å². The maximum absolute atomic E-state index is 5.76. The van der Waals surface area contributed by atoms with Crippen LogP contribution in [0.2, 0.25) is 0 Å². The van der Waals surface area contributed by atoms with Gasteiger partial charge in [-0.15, -0.1) is 0 Å². The van der Waals surface area contributed by atoms with Crippen LogP contribution in [0.5, 0.6) is 5.75 Å². The van der Waals surface area contributed by atoms with Crippen molar-refractivity contribution in [1.82, 2.24) is 5.32 Å². The van der Waals surface area contributed by atoms with Gasteiger partial charge < -0.3 is 19.5 Å². The molecule has 114 valence electrons. The van der Waals surface area contributed by atoms with E-state index in [0.717, 1.165) is 28.8 Å². The number of nitrogens with one attached hydrogen (secondary N) is 1. The van der Waals surface area contributed by atoms with Crippen LogP contribution in [-0.4, -0.2) is 33.2 Å². The average Bonchev–Trinajstić information content (AvgIpc) is 2.45. The summed E-state index contributed by atoms with van der Waals surface area (Å²) in [6.07, 6.45) is 0.733. The van der Waals surface area contributed by atoms with Crippen LogP contribution < -0.4 is 10.1 Å². The fourth-order valence-corrected chi connectivity index (χ4v) is 2.32. The molecule has 0 radical (unpaired) electrons. The molecule has 0 aromatic heterocycles. The molecule has 1 atom stereocenters. The van der Waals surface area contributed by atoms with E-state index in [4.69, 9.17) is 14.2 Å². The van der Waals surface area contributed by atoms with Crippen molar-refractivity contribution in [2.45, 2.75) is 39.1 Å². The molecule has 0 amide bonds. The summed E-state index contributed by atoms with van der Waals surface area (Å²) in [5.74, 6) is 0.918. The van der Waals surface area contributed by atoms with Gasteiger partial charge in [-0.3, -0.25) is 0 Å². The maximum Gasteiger partial charge on any atom is 0.171 e. The third-order valence-corrected chi connectivity index (χ3v) is 3.46. The van der Waals surface area contributed by atoms with E-state index in [1.807, 2.05) is 19.1 Å². The number of rotatable bonds is 9. The molecule has 20 heavy (non-hydrogen) atoms. The van der Waals surface area contributed by atoms with Crippen LogP contribution in [0.1, 0.15) is 25.8 Å². The first-order valence-electron chi connectivity index (χ1n) is 6.82. The lowest BCUT2D eigenvalue weighted by molar-refractivity contribution is -0.119. The number of hydrogen-bond acceptors (Lipinski definition) is 4. The first-order chi connectivity index (χ1) is 9.62. The van der Waals surface area contributed by atoms with Crippen LogP contribution in [0.25, 0.3) is 0 Å². The standard InChI is InChI=1S/C15H24BrNO3/c1-5-8-20-14-7-6-13(16)9-12(14)10-17-11(2)15(18-3)19-4/h6-7,9,11,15,17H,5,8,10H2,1-4H3. The van der Waals surface area contributed by atoms with Gasteiger partial charge in [-0.1, -0.05) is 22.9 Å². The summed E-state index contributed by atoms with van der Waals surface area (Å²) in [5.41, 5.74) is 1.12. The normalized spacial score (nSPS) is 12.7. The largest absolute Gasteiger partial charge is 0.493 e. The van der Waals surface area contributed by atoms with Crippen molar-refractivity contribution < 1.29 is 14.2 Å². The van der Waals surface area contributed by atoms with Crippen molar-refractivity contribution in [1.29, 1.82) is 0 Å². The highest BCUT2D eigenvalue weighted by Gasteiger charge is 2.15. The Morgan fingerprint density at radius 3 is 2.55 bits per heavy atom. The molecule has 0 saturated carbocycles. The molecule has 0 bridgehead atoms. The molecule has 0 spiro atoms. The number of benzene rings is 1. The lowest BCUT2D eigenvalue weighted by Gasteiger charge is -2.23. The van der Waals surface area contributed by atoms with E-state index >= 15 is 0 Å². The van der Waals surface area contributed by atoms with Gasteiger partial charge in [0.1, 0.15) is 5.75 Å². The zero-order chi connectivity index (χ0) is 15.0. The molecule has 1 aromatic rings. The van der Waals surface area contributed by atoms with E-state index in [1.165, 1.54) is 0 Å². The number of hydrogen-bond donors (Lipinski definition) is 1. The van der Waals surface area contributed by atoms with Gasteiger partial charge in [-0.2, -0.15) is 0 Å². The Kier molecular flexibility index (Phi) is 8.14. The summed E-state index contributed by atoms with van der Waals surface area (Å²) >= 11 is 3.50. The second kappa shape index (κ2) is 9.34. The average molecular weight is 346 g/mol. The van der Waals surface area contributed by atoms with Crippen molar-refractivity contribution in [3.05, 3.63) is 28.2 Å². The minimum Gasteiger partial charge on any atom is -0.493 e. The van der Waals surface area contributed by atoms with E-state index in [2.05, 4.69) is 34.2 Å². The quantitative estimate of drug-likeness (QED) is 0.697. The number of ether oxygens (including phenoxy) is 3. The maximum atomic E-state index is 5.76. The third kappa shape index (κ3) is 5.40. The number of halogens is 1. The van der Waals surface area contributed by atoms with Gasteiger partial charge in [0.15, 0.2) is 6.29 Å². The minimum atomic E-state index is -0.262. The second-order valence-electron chi connectivity index (χ2n) is 4.61. The molecule has 4 nitrogen and oxygen atoms in total. The van der Waals surface area contributed by atoms with Crippen molar-refractivity contribution in [3.63, 3.8) is 0 Å². The SMILES string of the molecule is CCCOc1ccc(Br)cc1CNC(C)C(OC)OC. The second-order valence-corrected chi connectivity index (χ2v) is 5.53. The van der Waals surface area contributed by atoms with Crippen molar-refractivity contribution in [2.24, 2.45) is 0 Å². The lowest BCUT2D eigenvalue weighted by atomic mass is 10.2. The molecule has 5 heteroatoms. The summed E-state index contributed by atoms with van der Waals surface area (Å²) < 4.78 is 17.3. The van der Waals surface area contributed by atoms with Gasteiger partial charge in [-0.25, -0.2) is 0 Å². The Bertz CT molecular complexity index is 397. The van der Waals surface area contributed by atoms with E-state index in [0.29, 0.717) is 6.54 Å². The van der Waals surface area contributed by atoms with Gasteiger partial charge in [0.05, 0.1) is 12.6 Å². The smallest absolute Gasteiger partial charge is 0.171 e. The van der Waals surface area contributed by atoms with Crippen LogP contribution in [0.15, 0.2) is 22.7 Å². The first-order valence-corrected chi connectivity index (χ1v) is 7.61. The van der Waals surface area contributed by atoms with Crippen molar-refractivity contribution in [3.8, 4) is 5.75 Å². The molecule has 1 rings (SSSR count). The van der Waals surface area contributed by atoms with E-state index in [9.17, 15) is 0 Å². The monoisotopic (exact) mass is 345 g/mol. The molecular weight excluding hydrogens is 322 g/mol. The van der Waals surface area contributed by atoms with Crippen LogP contribution in [0, 0.1) is 0 Å². The van der Waals surface area contributed by atoms with Crippen molar-refractivity contribution >= 4 is 15.9 Å². The highest BCUT2D eigenvalue weighted by atomic mass is 79.9. The highest BCUT2D eigenvalue weighted by Crippen LogP contribution is 2.23. The summed E-state index contributed by atoms with van der Waals surface area (Å²) in [4.78, 5) is 0. The molecule has 0 heterocycles. The highest BCUT2D eigenvalue weighted by molar-refractivity contribution is 9.10. The predicted molar refractivity (Wildman–Crippen MR) is 84.0 cm³/mol. The fourth-order valence-electron chi connectivity index (χ4n) is 1.91. The summed E-state index contributed by atoms with van der Waals surface area (Å²) in [5, 5.41) is 3.39. The van der Waals surface area contributed by atoms with Gasteiger partial charge >= 0.3 is 0 Å². The molecule has 1 aromatic carbocycles. The first kappa shape index (κ1) is 17.4. The van der Waals surface area contributed by atoms with Crippen LogP contribution in [0.4, 0.5) is 0 Å². The molecule has 1 N–H and O–H groups in total. The lowest BCUT2D eigenvalue weighted by Crippen LogP contribution is -2.39. The molecule has 1 unspecified atom stereocenters. The topological polar surface area (TPSA) is 39.7 Å². The Balaban J connectivity index is 2.67. The van der Waals surface area contributed by atoms with Crippen LogP contribution in [-0.2, 0) is 16.0 Å². The summed E-state index contributed by atoms with van der Waals surface area (Å²) in [6, 6.07) is 6.14. The molecule has 0 fully saturated rings. The van der Waals surface area contributed by atoms with E-state index < -0.39 is 0 Å². The zero-order valence-electron chi connectivity index (χ0n) is 12.6. The minimum absolute atomic E-state index is 0.0861. The Labute approximate surface area is 129 Å². The van der Waals surface area contributed by atoms with E-state index in [-0.39, 0.29) is 12.3 Å². The fraction of sp³-hybridized carbons (Fsp3) is 0.600.